The Kier molecular flexibility index (Phi) is 4.27. The third kappa shape index (κ3) is 2.73. The number of hydrogen-bond donors (Lipinski definition) is 1. The van der Waals surface area contributed by atoms with Crippen LogP contribution in [0.25, 0.3) is 21.1 Å². The third-order valence-corrected chi connectivity index (χ3v) is 6.64. The summed E-state index contributed by atoms with van der Waals surface area (Å²) in [6.07, 6.45) is 2.34. The fraction of sp³-hybridized carbons (Fsp3) is 0.273. The minimum absolute atomic E-state index is 0.517. The number of fused-ring (bicyclic) bond motifs is 2. The van der Waals surface area contributed by atoms with Gasteiger partial charge in [-0.2, -0.15) is 0 Å². The molecule has 1 N–H and O–H groups in total. The lowest BCUT2D eigenvalue weighted by atomic mass is 9.79. The van der Waals surface area contributed by atoms with E-state index >= 15 is 0 Å². The summed E-state index contributed by atoms with van der Waals surface area (Å²) >= 11 is 1.76. The highest BCUT2D eigenvalue weighted by Gasteiger charge is 2.35. The summed E-state index contributed by atoms with van der Waals surface area (Å²) in [4.78, 5) is 16.5. The van der Waals surface area contributed by atoms with Crippen LogP contribution in [0.5, 0.6) is 0 Å². The Hall–Kier alpha value is -2.66. The highest BCUT2D eigenvalue weighted by Crippen LogP contribution is 2.34. The zero-order valence-corrected chi connectivity index (χ0v) is 16.5. The van der Waals surface area contributed by atoms with Gasteiger partial charge < -0.3 is 9.67 Å². The van der Waals surface area contributed by atoms with Crippen molar-refractivity contribution in [2.45, 2.75) is 39.2 Å². The molecule has 0 saturated heterocycles. The topological polar surface area (TPSA) is 55.1 Å². The summed E-state index contributed by atoms with van der Waals surface area (Å²) in [5.41, 5.74) is 4.14. The Morgan fingerprint density at radius 1 is 1.26 bits per heavy atom. The summed E-state index contributed by atoms with van der Waals surface area (Å²) in [6.45, 7) is 6.55. The molecule has 0 bridgehead atoms. The van der Waals surface area contributed by atoms with Crippen LogP contribution >= 0.6 is 11.3 Å². The number of aliphatic carboxylic acids is 1. The molecule has 0 aliphatic rings. The van der Waals surface area contributed by atoms with Crippen molar-refractivity contribution >= 4 is 38.4 Å². The quantitative estimate of drug-likeness (QED) is 0.509. The predicted molar refractivity (Wildman–Crippen MR) is 111 cm³/mol. The first-order valence-electron chi connectivity index (χ1n) is 9.09. The minimum atomic E-state index is -0.940. The summed E-state index contributed by atoms with van der Waals surface area (Å²) in [5, 5.41) is 13.3. The molecule has 0 saturated carbocycles. The van der Waals surface area contributed by atoms with Gasteiger partial charge in [0, 0.05) is 10.1 Å². The maximum absolute atomic E-state index is 11.9. The van der Waals surface area contributed by atoms with E-state index in [-0.39, 0.29) is 0 Å². The molecule has 2 heterocycles. The Bertz CT molecular complexity index is 1160. The molecule has 0 aliphatic carbocycles. The molecule has 0 spiro atoms. The van der Waals surface area contributed by atoms with Gasteiger partial charge in [0.15, 0.2) is 0 Å². The number of aromatic nitrogens is 2. The molecule has 0 aliphatic heterocycles. The summed E-state index contributed by atoms with van der Waals surface area (Å²) < 4.78 is 3.41. The van der Waals surface area contributed by atoms with Crippen molar-refractivity contribution in [3.8, 4) is 0 Å². The zero-order chi connectivity index (χ0) is 19.2. The minimum Gasteiger partial charge on any atom is -0.481 e. The SMILES string of the molecule is CCC(C)(C(=O)O)c1cccc2c1ncn2Cc1csc2cccc(C)c12. The molecule has 138 valence electrons. The van der Waals surface area contributed by atoms with Gasteiger partial charge in [0.2, 0.25) is 0 Å². The van der Waals surface area contributed by atoms with Gasteiger partial charge >= 0.3 is 5.97 Å². The normalized spacial score (nSPS) is 13.9. The lowest BCUT2D eigenvalue weighted by molar-refractivity contribution is -0.143. The van der Waals surface area contributed by atoms with E-state index in [1.165, 1.54) is 21.2 Å². The molecule has 0 fully saturated rings. The smallest absolute Gasteiger partial charge is 0.313 e. The second kappa shape index (κ2) is 6.50. The van der Waals surface area contributed by atoms with Crippen molar-refractivity contribution in [1.29, 1.82) is 0 Å². The maximum Gasteiger partial charge on any atom is 0.313 e. The van der Waals surface area contributed by atoms with Crippen molar-refractivity contribution in [2.24, 2.45) is 0 Å². The van der Waals surface area contributed by atoms with E-state index in [9.17, 15) is 9.90 Å². The number of hydrogen-bond acceptors (Lipinski definition) is 3. The summed E-state index contributed by atoms with van der Waals surface area (Å²) in [5.74, 6) is -0.813. The van der Waals surface area contributed by atoms with E-state index in [2.05, 4.69) is 40.1 Å². The van der Waals surface area contributed by atoms with Crippen LogP contribution in [-0.2, 0) is 16.8 Å². The van der Waals surface area contributed by atoms with Gasteiger partial charge in [-0.15, -0.1) is 11.3 Å². The summed E-state index contributed by atoms with van der Waals surface area (Å²) in [6, 6.07) is 12.2. The van der Waals surface area contributed by atoms with Crippen LogP contribution in [0.1, 0.15) is 37.0 Å². The Balaban J connectivity index is 1.83. The molecule has 2 aromatic carbocycles. The average Bonchev–Trinajstić information content (AvgIpc) is 3.26. The second-order valence-electron chi connectivity index (χ2n) is 7.25. The highest BCUT2D eigenvalue weighted by molar-refractivity contribution is 7.17. The maximum atomic E-state index is 11.9. The van der Waals surface area contributed by atoms with Crippen molar-refractivity contribution in [3.05, 3.63) is 64.8 Å². The Morgan fingerprint density at radius 2 is 2.04 bits per heavy atom. The molecule has 1 unspecified atom stereocenters. The number of thiophene rings is 1. The molecule has 1 atom stereocenters. The lowest BCUT2D eigenvalue weighted by Crippen LogP contribution is -2.31. The van der Waals surface area contributed by atoms with Gasteiger partial charge in [0.25, 0.3) is 0 Å². The standard InChI is InChI=1S/C22H22N2O2S/c1-4-22(3,21(25)26)16-8-6-9-17-20(16)23-13-24(17)11-15-12-27-18-10-5-7-14(2)19(15)18/h5-10,12-13H,4,11H2,1-3H3,(H,25,26). The van der Waals surface area contributed by atoms with Crippen LogP contribution in [0.2, 0.25) is 0 Å². The molecule has 4 rings (SSSR count). The van der Waals surface area contributed by atoms with Crippen LogP contribution in [0.15, 0.2) is 48.1 Å². The molecule has 0 amide bonds. The molecule has 5 heteroatoms. The Labute approximate surface area is 162 Å². The van der Waals surface area contributed by atoms with Gasteiger partial charge in [-0.05, 0) is 54.5 Å². The first-order valence-corrected chi connectivity index (χ1v) is 9.97. The van der Waals surface area contributed by atoms with Gasteiger partial charge in [-0.25, -0.2) is 4.98 Å². The monoisotopic (exact) mass is 378 g/mol. The highest BCUT2D eigenvalue weighted by atomic mass is 32.1. The van der Waals surface area contributed by atoms with Gasteiger partial charge in [-0.1, -0.05) is 31.2 Å². The van der Waals surface area contributed by atoms with Gasteiger partial charge in [-0.3, -0.25) is 4.79 Å². The fourth-order valence-corrected chi connectivity index (χ4v) is 4.79. The van der Waals surface area contributed by atoms with Crippen molar-refractivity contribution < 1.29 is 9.90 Å². The Morgan fingerprint density at radius 3 is 2.78 bits per heavy atom. The molecule has 2 aromatic heterocycles. The number of imidazole rings is 1. The molecule has 27 heavy (non-hydrogen) atoms. The molecule has 4 aromatic rings. The van der Waals surface area contributed by atoms with E-state index in [0.29, 0.717) is 6.42 Å². The van der Waals surface area contributed by atoms with Crippen LogP contribution in [-0.4, -0.2) is 20.6 Å². The number of carbonyl (C=O) groups is 1. The van der Waals surface area contributed by atoms with Crippen molar-refractivity contribution in [3.63, 3.8) is 0 Å². The number of para-hydroxylation sites is 1. The largest absolute Gasteiger partial charge is 0.481 e. The van der Waals surface area contributed by atoms with Crippen LogP contribution in [0, 0.1) is 6.92 Å². The van der Waals surface area contributed by atoms with E-state index in [4.69, 9.17) is 0 Å². The van der Waals surface area contributed by atoms with Gasteiger partial charge in [0.05, 0.1) is 29.3 Å². The number of carboxylic acid groups (broad SMARTS) is 1. The lowest BCUT2D eigenvalue weighted by Gasteiger charge is -2.23. The molecular formula is C22H22N2O2S. The second-order valence-corrected chi connectivity index (χ2v) is 8.16. The first-order chi connectivity index (χ1) is 13.0. The number of carboxylic acids is 1. The molecular weight excluding hydrogens is 356 g/mol. The number of benzene rings is 2. The van der Waals surface area contributed by atoms with Gasteiger partial charge in [0.1, 0.15) is 0 Å². The van der Waals surface area contributed by atoms with Crippen LogP contribution in [0.3, 0.4) is 0 Å². The third-order valence-electron chi connectivity index (χ3n) is 5.65. The number of aryl methyl sites for hydroxylation is 1. The van der Waals surface area contributed by atoms with E-state index < -0.39 is 11.4 Å². The van der Waals surface area contributed by atoms with E-state index in [0.717, 1.165) is 23.1 Å². The van der Waals surface area contributed by atoms with Crippen LogP contribution in [0.4, 0.5) is 0 Å². The van der Waals surface area contributed by atoms with Crippen molar-refractivity contribution in [1.82, 2.24) is 9.55 Å². The fourth-order valence-electron chi connectivity index (χ4n) is 3.76. The summed E-state index contributed by atoms with van der Waals surface area (Å²) in [7, 11) is 0. The predicted octanol–water partition coefficient (Wildman–Crippen LogP) is 5.36. The average molecular weight is 378 g/mol. The molecule has 0 radical (unpaired) electrons. The first kappa shape index (κ1) is 17.7. The number of nitrogens with zero attached hydrogens (tertiary/aromatic N) is 2. The zero-order valence-electron chi connectivity index (χ0n) is 15.7. The molecule has 4 nitrogen and oxygen atoms in total. The van der Waals surface area contributed by atoms with Crippen LogP contribution < -0.4 is 0 Å². The van der Waals surface area contributed by atoms with Crippen molar-refractivity contribution in [2.75, 3.05) is 0 Å². The number of rotatable bonds is 5. The van der Waals surface area contributed by atoms with E-state index in [1.54, 1.807) is 18.3 Å². The van der Waals surface area contributed by atoms with E-state index in [1.807, 2.05) is 31.5 Å².